The number of fused-ring (bicyclic) bond motifs is 1. The van der Waals surface area contributed by atoms with E-state index in [1.807, 2.05) is 0 Å². The Balaban J connectivity index is 1.65. The second kappa shape index (κ2) is 6.49. The standard InChI is InChI=1S/C17H23N5O2/c1-11-13-8-22(5-3-14(13)21-20-11)17-7-15(12-4-6-24-9-12)18-16(19-17)10-23-2/h7,12H,3-6,8-10H2,1-2H3,(H,20,21)/t12-/m0/s1. The topological polar surface area (TPSA) is 76.2 Å². The zero-order chi connectivity index (χ0) is 16.5. The van der Waals surface area contributed by atoms with Gasteiger partial charge in [-0.25, -0.2) is 9.97 Å². The summed E-state index contributed by atoms with van der Waals surface area (Å²) >= 11 is 0. The average Bonchev–Trinajstić information content (AvgIpc) is 3.25. The van der Waals surface area contributed by atoms with Gasteiger partial charge in [-0.3, -0.25) is 5.10 Å². The molecule has 0 spiro atoms. The zero-order valence-electron chi connectivity index (χ0n) is 14.2. The molecule has 0 aliphatic carbocycles. The van der Waals surface area contributed by atoms with Crippen LogP contribution >= 0.6 is 0 Å². The van der Waals surface area contributed by atoms with Crippen molar-refractivity contribution in [3.8, 4) is 0 Å². The molecule has 2 aromatic heterocycles. The molecule has 7 nitrogen and oxygen atoms in total. The molecule has 2 aromatic rings. The summed E-state index contributed by atoms with van der Waals surface area (Å²) in [5.41, 5.74) is 4.68. The number of rotatable bonds is 4. The van der Waals surface area contributed by atoms with Gasteiger partial charge in [-0.15, -0.1) is 0 Å². The van der Waals surface area contributed by atoms with E-state index < -0.39 is 0 Å². The fourth-order valence-electron chi connectivity index (χ4n) is 3.46. The summed E-state index contributed by atoms with van der Waals surface area (Å²) in [5.74, 6) is 2.08. The normalized spacial score (nSPS) is 20.4. The Labute approximate surface area is 141 Å². The summed E-state index contributed by atoms with van der Waals surface area (Å²) in [6.07, 6.45) is 1.96. The molecule has 7 heteroatoms. The van der Waals surface area contributed by atoms with Gasteiger partial charge in [-0.2, -0.15) is 5.10 Å². The highest BCUT2D eigenvalue weighted by molar-refractivity contribution is 5.45. The minimum absolute atomic E-state index is 0.360. The van der Waals surface area contributed by atoms with Crippen LogP contribution in [0.2, 0.25) is 0 Å². The van der Waals surface area contributed by atoms with Crippen molar-refractivity contribution in [2.24, 2.45) is 0 Å². The van der Waals surface area contributed by atoms with Gasteiger partial charge >= 0.3 is 0 Å². The number of methoxy groups -OCH3 is 1. The zero-order valence-corrected chi connectivity index (χ0v) is 14.2. The molecule has 24 heavy (non-hydrogen) atoms. The Morgan fingerprint density at radius 3 is 3.12 bits per heavy atom. The lowest BCUT2D eigenvalue weighted by Crippen LogP contribution is -2.31. The summed E-state index contributed by atoms with van der Waals surface area (Å²) in [7, 11) is 1.68. The highest BCUT2D eigenvalue weighted by atomic mass is 16.5. The SMILES string of the molecule is COCc1nc([C@H]2CCOC2)cc(N2CCc3n[nH]c(C)c3C2)n1. The van der Waals surface area contributed by atoms with Crippen molar-refractivity contribution in [3.63, 3.8) is 0 Å². The molecule has 0 radical (unpaired) electrons. The number of aryl methyl sites for hydroxylation is 1. The van der Waals surface area contributed by atoms with Crippen LogP contribution in [0.3, 0.4) is 0 Å². The summed E-state index contributed by atoms with van der Waals surface area (Å²) in [6, 6.07) is 2.12. The molecule has 1 atom stereocenters. The second-order valence-electron chi connectivity index (χ2n) is 6.51. The molecule has 0 bridgehead atoms. The highest BCUT2D eigenvalue weighted by Crippen LogP contribution is 2.29. The first-order valence-electron chi connectivity index (χ1n) is 8.47. The Hall–Kier alpha value is -1.99. The van der Waals surface area contributed by atoms with Crippen LogP contribution in [0.5, 0.6) is 0 Å². The number of H-pyrrole nitrogens is 1. The van der Waals surface area contributed by atoms with Crippen LogP contribution in [-0.2, 0) is 29.0 Å². The predicted molar refractivity (Wildman–Crippen MR) is 89.0 cm³/mol. The number of anilines is 1. The molecule has 0 aromatic carbocycles. The smallest absolute Gasteiger partial charge is 0.156 e. The van der Waals surface area contributed by atoms with Crippen molar-refractivity contribution in [1.29, 1.82) is 0 Å². The van der Waals surface area contributed by atoms with Crippen molar-refractivity contribution >= 4 is 5.82 Å². The number of nitrogens with one attached hydrogen (secondary N) is 1. The first-order valence-corrected chi connectivity index (χ1v) is 8.47. The number of hydrogen-bond donors (Lipinski definition) is 1. The van der Waals surface area contributed by atoms with E-state index in [9.17, 15) is 0 Å². The van der Waals surface area contributed by atoms with Gasteiger partial charge in [-0.05, 0) is 13.3 Å². The van der Waals surface area contributed by atoms with Crippen molar-refractivity contribution in [2.75, 3.05) is 31.8 Å². The van der Waals surface area contributed by atoms with Gasteiger partial charge in [0.05, 0.1) is 18.0 Å². The molecule has 4 rings (SSSR count). The predicted octanol–water partition coefficient (Wildman–Crippen LogP) is 1.72. The van der Waals surface area contributed by atoms with Crippen LogP contribution in [0.1, 0.15) is 40.8 Å². The number of aromatic nitrogens is 4. The van der Waals surface area contributed by atoms with E-state index in [1.54, 1.807) is 7.11 Å². The molecular weight excluding hydrogens is 306 g/mol. The van der Waals surface area contributed by atoms with Gasteiger partial charge in [0.15, 0.2) is 5.82 Å². The summed E-state index contributed by atoms with van der Waals surface area (Å²) in [5, 5.41) is 7.48. The first-order chi connectivity index (χ1) is 11.7. The van der Waals surface area contributed by atoms with Gasteiger partial charge < -0.3 is 14.4 Å². The lowest BCUT2D eigenvalue weighted by Gasteiger charge is -2.28. The summed E-state index contributed by atoms with van der Waals surface area (Å²) in [4.78, 5) is 11.7. The Morgan fingerprint density at radius 1 is 1.42 bits per heavy atom. The quantitative estimate of drug-likeness (QED) is 0.920. The molecule has 128 valence electrons. The molecule has 1 fully saturated rings. The van der Waals surface area contributed by atoms with Crippen LogP contribution in [0, 0.1) is 6.92 Å². The van der Waals surface area contributed by atoms with Gasteiger partial charge in [-0.1, -0.05) is 0 Å². The first kappa shape index (κ1) is 15.5. The molecule has 1 N–H and O–H groups in total. The average molecular weight is 329 g/mol. The van der Waals surface area contributed by atoms with Crippen LogP contribution in [0.15, 0.2) is 6.07 Å². The maximum absolute atomic E-state index is 5.53. The van der Waals surface area contributed by atoms with E-state index in [4.69, 9.17) is 19.4 Å². The molecule has 0 amide bonds. The van der Waals surface area contributed by atoms with Crippen LogP contribution in [0.25, 0.3) is 0 Å². The molecule has 0 saturated carbocycles. The lowest BCUT2D eigenvalue weighted by atomic mass is 10.0. The molecule has 4 heterocycles. The van der Waals surface area contributed by atoms with E-state index in [1.165, 1.54) is 11.3 Å². The largest absolute Gasteiger partial charge is 0.381 e. The number of hydrogen-bond acceptors (Lipinski definition) is 6. The van der Waals surface area contributed by atoms with Gasteiger partial charge in [0.25, 0.3) is 0 Å². The van der Waals surface area contributed by atoms with Crippen molar-refractivity contribution in [3.05, 3.63) is 34.5 Å². The van der Waals surface area contributed by atoms with Crippen molar-refractivity contribution in [2.45, 2.75) is 38.8 Å². The van der Waals surface area contributed by atoms with E-state index in [-0.39, 0.29) is 0 Å². The third-order valence-electron chi connectivity index (χ3n) is 4.85. The summed E-state index contributed by atoms with van der Waals surface area (Å²) in [6.45, 7) is 5.81. The third-order valence-corrected chi connectivity index (χ3v) is 4.85. The molecule has 2 aliphatic rings. The van der Waals surface area contributed by atoms with Crippen LogP contribution in [0.4, 0.5) is 5.82 Å². The van der Waals surface area contributed by atoms with E-state index in [0.717, 1.165) is 62.2 Å². The van der Waals surface area contributed by atoms with E-state index in [2.05, 4.69) is 28.1 Å². The Morgan fingerprint density at radius 2 is 2.33 bits per heavy atom. The maximum atomic E-state index is 5.53. The molecule has 1 saturated heterocycles. The highest BCUT2D eigenvalue weighted by Gasteiger charge is 2.25. The van der Waals surface area contributed by atoms with Crippen LogP contribution < -0.4 is 4.90 Å². The van der Waals surface area contributed by atoms with Crippen molar-refractivity contribution < 1.29 is 9.47 Å². The second-order valence-corrected chi connectivity index (χ2v) is 6.51. The third kappa shape index (κ3) is 2.89. The summed E-state index contributed by atoms with van der Waals surface area (Å²) < 4.78 is 10.8. The monoisotopic (exact) mass is 329 g/mol. The fourth-order valence-corrected chi connectivity index (χ4v) is 3.46. The lowest BCUT2D eigenvalue weighted by molar-refractivity contribution is 0.177. The van der Waals surface area contributed by atoms with Gasteiger partial charge in [0, 0.05) is 56.5 Å². The van der Waals surface area contributed by atoms with Gasteiger partial charge in [0.2, 0.25) is 0 Å². The van der Waals surface area contributed by atoms with Gasteiger partial charge in [0.1, 0.15) is 12.4 Å². The Kier molecular flexibility index (Phi) is 4.20. The van der Waals surface area contributed by atoms with E-state index >= 15 is 0 Å². The van der Waals surface area contributed by atoms with E-state index in [0.29, 0.717) is 12.5 Å². The maximum Gasteiger partial charge on any atom is 0.156 e. The number of aromatic amines is 1. The number of nitrogens with zero attached hydrogens (tertiary/aromatic N) is 4. The van der Waals surface area contributed by atoms with Crippen LogP contribution in [-0.4, -0.2) is 47.0 Å². The molecule has 0 unspecified atom stereocenters. The minimum atomic E-state index is 0.360. The molecular formula is C17H23N5O2. The fraction of sp³-hybridized carbons (Fsp3) is 0.588. The minimum Gasteiger partial charge on any atom is -0.381 e. The number of ether oxygens (including phenoxy) is 2. The molecule has 2 aliphatic heterocycles. The van der Waals surface area contributed by atoms with Crippen molar-refractivity contribution in [1.82, 2.24) is 20.2 Å². The Bertz CT molecular complexity index is 724.